The first-order chi connectivity index (χ1) is 8.95. The quantitative estimate of drug-likeness (QED) is 0.747. The van der Waals surface area contributed by atoms with E-state index in [-0.39, 0.29) is 24.1 Å². The van der Waals surface area contributed by atoms with E-state index in [9.17, 15) is 4.79 Å². The number of ether oxygens (including phenoxy) is 2. The molecule has 0 aromatic carbocycles. The molecule has 0 radical (unpaired) electrons. The van der Waals surface area contributed by atoms with Crippen LogP contribution in [0.25, 0.3) is 0 Å². The number of hydrogen-bond donors (Lipinski definition) is 1. The van der Waals surface area contributed by atoms with E-state index in [0.29, 0.717) is 13.2 Å². The maximum atomic E-state index is 12.2. The summed E-state index contributed by atoms with van der Waals surface area (Å²) in [5.74, 6) is 0.0318. The van der Waals surface area contributed by atoms with Crippen molar-refractivity contribution in [3.05, 3.63) is 0 Å². The summed E-state index contributed by atoms with van der Waals surface area (Å²) in [6.07, 6.45) is 2.44. The Bertz CT molecular complexity index is 323. The van der Waals surface area contributed by atoms with Crippen LogP contribution in [0.3, 0.4) is 0 Å². The van der Waals surface area contributed by atoms with Gasteiger partial charge in [0.2, 0.25) is 0 Å². The predicted molar refractivity (Wildman–Crippen MR) is 72.7 cm³/mol. The van der Waals surface area contributed by atoms with Crippen LogP contribution < -0.4 is 5.73 Å². The van der Waals surface area contributed by atoms with Crippen molar-refractivity contribution in [2.45, 2.75) is 51.4 Å². The summed E-state index contributed by atoms with van der Waals surface area (Å²) in [5, 5.41) is 0. The highest BCUT2D eigenvalue weighted by molar-refractivity contribution is 5.82. The lowest BCUT2D eigenvalue weighted by Crippen LogP contribution is -2.61. The summed E-state index contributed by atoms with van der Waals surface area (Å²) in [6, 6.07) is 0. The Balaban J connectivity index is 2.01. The van der Waals surface area contributed by atoms with Crippen LogP contribution in [0.4, 0.5) is 0 Å². The van der Waals surface area contributed by atoms with Crippen LogP contribution in [0.15, 0.2) is 0 Å². The Morgan fingerprint density at radius 3 is 2.42 bits per heavy atom. The zero-order valence-corrected chi connectivity index (χ0v) is 12.2. The smallest absolute Gasteiger partial charge is 0.327 e. The zero-order valence-electron chi connectivity index (χ0n) is 12.2. The van der Waals surface area contributed by atoms with Crippen molar-refractivity contribution in [2.75, 3.05) is 26.2 Å². The van der Waals surface area contributed by atoms with Crippen LogP contribution in [-0.4, -0.2) is 54.9 Å². The molecule has 5 nitrogen and oxygen atoms in total. The third-order valence-electron chi connectivity index (χ3n) is 3.94. The Morgan fingerprint density at radius 1 is 1.37 bits per heavy atom. The second-order valence-corrected chi connectivity index (χ2v) is 5.99. The van der Waals surface area contributed by atoms with E-state index in [4.69, 9.17) is 15.2 Å². The van der Waals surface area contributed by atoms with Gasteiger partial charge in [0.15, 0.2) is 0 Å². The molecule has 0 aromatic rings. The van der Waals surface area contributed by atoms with Crippen molar-refractivity contribution >= 4 is 5.97 Å². The summed E-state index contributed by atoms with van der Waals surface area (Å²) in [5.41, 5.74) is 5.56. The van der Waals surface area contributed by atoms with Gasteiger partial charge in [-0.3, -0.25) is 4.90 Å². The van der Waals surface area contributed by atoms with E-state index in [1.54, 1.807) is 0 Å². The molecule has 2 N–H and O–H groups in total. The van der Waals surface area contributed by atoms with Gasteiger partial charge in [-0.15, -0.1) is 0 Å². The van der Waals surface area contributed by atoms with Gasteiger partial charge in [0.1, 0.15) is 5.54 Å². The van der Waals surface area contributed by atoms with Crippen LogP contribution in [-0.2, 0) is 14.3 Å². The number of esters is 1. The molecule has 1 heterocycles. The molecule has 19 heavy (non-hydrogen) atoms. The maximum Gasteiger partial charge on any atom is 0.327 e. The van der Waals surface area contributed by atoms with E-state index >= 15 is 0 Å². The lowest BCUT2D eigenvalue weighted by molar-refractivity contribution is -0.153. The van der Waals surface area contributed by atoms with Crippen LogP contribution in [0.5, 0.6) is 0 Å². The van der Waals surface area contributed by atoms with Gasteiger partial charge < -0.3 is 15.2 Å². The van der Waals surface area contributed by atoms with E-state index in [2.05, 4.69) is 18.7 Å². The number of nitrogens with two attached hydrogens (primary N) is 1. The molecule has 3 atom stereocenters. The van der Waals surface area contributed by atoms with Gasteiger partial charge in [-0.25, -0.2) is 4.79 Å². The highest BCUT2D eigenvalue weighted by atomic mass is 16.5. The summed E-state index contributed by atoms with van der Waals surface area (Å²) >= 11 is 0. The van der Waals surface area contributed by atoms with Gasteiger partial charge in [-0.05, 0) is 39.5 Å². The van der Waals surface area contributed by atoms with Crippen LogP contribution in [0, 0.1) is 5.92 Å². The molecule has 2 fully saturated rings. The van der Waals surface area contributed by atoms with Gasteiger partial charge in [0.05, 0.1) is 18.8 Å². The fourth-order valence-electron chi connectivity index (χ4n) is 3.01. The highest BCUT2D eigenvalue weighted by Gasteiger charge is 2.50. The third-order valence-corrected chi connectivity index (χ3v) is 3.94. The number of hydrogen-bond acceptors (Lipinski definition) is 5. The second kappa shape index (κ2) is 5.77. The Kier molecular flexibility index (Phi) is 4.48. The molecule has 1 unspecified atom stereocenters. The fraction of sp³-hybridized carbons (Fsp3) is 0.929. The first kappa shape index (κ1) is 14.8. The first-order valence-electron chi connectivity index (χ1n) is 7.29. The van der Waals surface area contributed by atoms with Gasteiger partial charge in [0.25, 0.3) is 0 Å². The molecule has 0 bridgehead atoms. The molecule has 0 spiro atoms. The van der Waals surface area contributed by atoms with Gasteiger partial charge >= 0.3 is 5.97 Å². The number of morpholine rings is 1. The lowest BCUT2D eigenvalue weighted by atomic mass is 9.93. The largest absolute Gasteiger partial charge is 0.465 e. The number of carbonyl (C=O) groups is 1. The fourth-order valence-corrected chi connectivity index (χ4v) is 3.01. The molecular formula is C14H26N2O3. The SMILES string of the molecule is CCOC(=O)C(N)(CN1C[C@@H](C)O[C@@H](C)C1)C1CC1. The molecule has 5 heteroatoms. The van der Waals surface area contributed by atoms with E-state index < -0.39 is 5.54 Å². The van der Waals surface area contributed by atoms with E-state index in [1.807, 2.05) is 6.92 Å². The molecular weight excluding hydrogens is 244 g/mol. The molecule has 1 aliphatic carbocycles. The molecule has 0 aromatic heterocycles. The standard InChI is InChI=1S/C14H26N2O3/c1-4-18-13(17)14(15,12-5-6-12)9-16-7-10(2)19-11(3)8-16/h10-12H,4-9,15H2,1-3H3/t10-,11+,14?. The van der Waals surface area contributed by atoms with Crippen LogP contribution in [0.2, 0.25) is 0 Å². The summed E-state index contributed by atoms with van der Waals surface area (Å²) < 4.78 is 10.9. The normalized spacial score (nSPS) is 31.8. The van der Waals surface area contributed by atoms with Crippen molar-refractivity contribution in [1.82, 2.24) is 4.90 Å². The molecule has 1 aliphatic heterocycles. The summed E-state index contributed by atoms with van der Waals surface area (Å²) in [4.78, 5) is 14.4. The van der Waals surface area contributed by atoms with Gasteiger partial charge in [0, 0.05) is 19.6 Å². The van der Waals surface area contributed by atoms with E-state index in [0.717, 1.165) is 25.9 Å². The van der Waals surface area contributed by atoms with Gasteiger partial charge in [-0.1, -0.05) is 0 Å². The van der Waals surface area contributed by atoms with Gasteiger partial charge in [-0.2, -0.15) is 0 Å². The topological polar surface area (TPSA) is 64.8 Å². The first-order valence-corrected chi connectivity index (χ1v) is 7.29. The Morgan fingerprint density at radius 2 is 1.95 bits per heavy atom. The average molecular weight is 270 g/mol. The predicted octanol–water partition coefficient (Wildman–Crippen LogP) is 0.766. The van der Waals surface area contributed by atoms with Crippen molar-refractivity contribution < 1.29 is 14.3 Å². The van der Waals surface area contributed by atoms with Crippen molar-refractivity contribution in [3.63, 3.8) is 0 Å². The summed E-state index contributed by atoms with van der Waals surface area (Å²) in [6.45, 7) is 8.56. The minimum absolute atomic E-state index is 0.189. The highest BCUT2D eigenvalue weighted by Crippen LogP contribution is 2.39. The Labute approximate surface area is 115 Å². The molecule has 110 valence electrons. The summed E-state index contributed by atoms with van der Waals surface area (Å²) in [7, 11) is 0. The molecule has 1 saturated heterocycles. The lowest BCUT2D eigenvalue weighted by Gasteiger charge is -2.40. The zero-order chi connectivity index (χ0) is 14.0. The minimum Gasteiger partial charge on any atom is -0.465 e. The average Bonchev–Trinajstić information content (AvgIpc) is 3.11. The molecule has 2 aliphatic rings. The number of carbonyl (C=O) groups excluding carboxylic acids is 1. The minimum atomic E-state index is -0.840. The van der Waals surface area contributed by atoms with Crippen LogP contribution in [0.1, 0.15) is 33.6 Å². The third kappa shape index (κ3) is 3.46. The maximum absolute atomic E-state index is 12.2. The molecule has 1 saturated carbocycles. The van der Waals surface area contributed by atoms with Crippen LogP contribution >= 0.6 is 0 Å². The van der Waals surface area contributed by atoms with Crippen molar-refractivity contribution in [1.29, 1.82) is 0 Å². The second-order valence-electron chi connectivity index (χ2n) is 5.99. The van der Waals surface area contributed by atoms with Crippen molar-refractivity contribution in [3.8, 4) is 0 Å². The Hall–Kier alpha value is -0.650. The number of nitrogens with zero attached hydrogens (tertiary/aromatic N) is 1. The van der Waals surface area contributed by atoms with Crippen molar-refractivity contribution in [2.24, 2.45) is 11.7 Å². The monoisotopic (exact) mass is 270 g/mol. The van der Waals surface area contributed by atoms with E-state index in [1.165, 1.54) is 0 Å². The molecule has 2 rings (SSSR count). The molecule has 0 amide bonds. The number of rotatable bonds is 5.